The number of hydrogen-bond acceptors (Lipinski definition) is 2. The van der Waals surface area contributed by atoms with Crippen molar-refractivity contribution in [3.05, 3.63) is 22.6 Å². The number of rotatable bonds is 3. The molecule has 1 N–H and O–H groups in total. The maximum Gasteiger partial charge on any atom is 0.304 e. The Morgan fingerprint density at radius 2 is 2.31 bits per heavy atom. The Balaban J connectivity index is 2.20. The van der Waals surface area contributed by atoms with Crippen LogP contribution in [-0.2, 0) is 10.2 Å². The standard InChI is InChI=1S/C9H9BrO3/c10-7-2-1-6(13-7)9(3-4-9)5-8(11)12/h1-2H,3-5H2,(H,11,12). The van der Waals surface area contributed by atoms with E-state index < -0.39 is 5.97 Å². The van der Waals surface area contributed by atoms with Crippen molar-refractivity contribution < 1.29 is 14.3 Å². The summed E-state index contributed by atoms with van der Waals surface area (Å²) in [6.07, 6.45) is 2.01. The lowest BCUT2D eigenvalue weighted by molar-refractivity contribution is -0.137. The predicted octanol–water partition coefficient (Wildman–Crippen LogP) is 2.55. The summed E-state index contributed by atoms with van der Waals surface area (Å²) >= 11 is 3.20. The highest BCUT2D eigenvalue weighted by molar-refractivity contribution is 9.10. The van der Waals surface area contributed by atoms with E-state index in [-0.39, 0.29) is 11.8 Å². The van der Waals surface area contributed by atoms with Crippen LogP contribution in [-0.4, -0.2) is 11.1 Å². The van der Waals surface area contributed by atoms with E-state index in [1.54, 1.807) is 6.07 Å². The van der Waals surface area contributed by atoms with Gasteiger partial charge < -0.3 is 9.52 Å². The molecule has 0 radical (unpaired) electrons. The summed E-state index contributed by atoms with van der Waals surface area (Å²) in [5.74, 6) is 0.0341. The first-order valence-corrected chi connectivity index (χ1v) is 4.89. The third kappa shape index (κ3) is 1.63. The highest BCUT2D eigenvalue weighted by Gasteiger charge is 2.48. The van der Waals surface area contributed by atoms with Crippen molar-refractivity contribution in [1.29, 1.82) is 0 Å². The monoisotopic (exact) mass is 244 g/mol. The third-order valence-corrected chi connectivity index (χ3v) is 2.87. The van der Waals surface area contributed by atoms with Crippen LogP contribution in [0, 0.1) is 0 Å². The fourth-order valence-corrected chi connectivity index (χ4v) is 1.86. The van der Waals surface area contributed by atoms with Crippen LogP contribution in [0.3, 0.4) is 0 Å². The van der Waals surface area contributed by atoms with E-state index in [1.165, 1.54) is 0 Å². The number of hydrogen-bond donors (Lipinski definition) is 1. The maximum absolute atomic E-state index is 10.6. The van der Waals surface area contributed by atoms with Crippen LogP contribution in [0.15, 0.2) is 21.2 Å². The van der Waals surface area contributed by atoms with Crippen LogP contribution in [0.2, 0.25) is 0 Å². The average Bonchev–Trinajstić information content (AvgIpc) is 2.65. The molecular weight excluding hydrogens is 236 g/mol. The van der Waals surface area contributed by atoms with E-state index in [0.29, 0.717) is 4.67 Å². The summed E-state index contributed by atoms with van der Waals surface area (Å²) in [4.78, 5) is 10.6. The van der Waals surface area contributed by atoms with Gasteiger partial charge in [0.05, 0.1) is 6.42 Å². The second-order valence-corrected chi connectivity index (χ2v) is 4.24. The largest absolute Gasteiger partial charge is 0.481 e. The molecule has 3 nitrogen and oxygen atoms in total. The predicted molar refractivity (Wildman–Crippen MR) is 49.6 cm³/mol. The normalized spacial score (nSPS) is 18.5. The van der Waals surface area contributed by atoms with E-state index in [4.69, 9.17) is 9.52 Å². The zero-order valence-corrected chi connectivity index (χ0v) is 8.50. The Morgan fingerprint density at radius 1 is 1.62 bits per heavy atom. The minimum Gasteiger partial charge on any atom is -0.481 e. The number of aliphatic carboxylic acids is 1. The smallest absolute Gasteiger partial charge is 0.304 e. The van der Waals surface area contributed by atoms with Crippen LogP contribution in [0.5, 0.6) is 0 Å². The molecule has 4 heteroatoms. The fraction of sp³-hybridized carbons (Fsp3) is 0.444. The van der Waals surface area contributed by atoms with Gasteiger partial charge in [0.2, 0.25) is 0 Å². The summed E-state index contributed by atoms with van der Waals surface area (Å²) in [7, 11) is 0. The third-order valence-electron chi connectivity index (χ3n) is 2.44. The van der Waals surface area contributed by atoms with Crippen molar-refractivity contribution in [3.8, 4) is 0 Å². The van der Waals surface area contributed by atoms with Crippen LogP contribution < -0.4 is 0 Å². The Bertz CT molecular complexity index is 338. The molecule has 0 aromatic carbocycles. The first kappa shape index (κ1) is 8.81. The van der Waals surface area contributed by atoms with Gasteiger partial charge in [-0.25, -0.2) is 0 Å². The highest BCUT2D eigenvalue weighted by Crippen LogP contribution is 2.51. The lowest BCUT2D eigenvalue weighted by Gasteiger charge is -2.07. The van der Waals surface area contributed by atoms with Gasteiger partial charge in [-0.15, -0.1) is 0 Å². The van der Waals surface area contributed by atoms with Crippen LogP contribution in [0.1, 0.15) is 25.0 Å². The molecule has 1 heterocycles. The van der Waals surface area contributed by atoms with Crippen molar-refractivity contribution in [1.82, 2.24) is 0 Å². The Morgan fingerprint density at radius 3 is 2.69 bits per heavy atom. The second-order valence-electron chi connectivity index (χ2n) is 3.45. The van der Waals surface area contributed by atoms with Gasteiger partial charge in [0.25, 0.3) is 0 Å². The first-order chi connectivity index (χ1) is 6.12. The number of carboxylic acids is 1. The van der Waals surface area contributed by atoms with Gasteiger partial charge in [-0.2, -0.15) is 0 Å². The molecule has 1 fully saturated rings. The zero-order valence-electron chi connectivity index (χ0n) is 6.92. The molecule has 1 aromatic rings. The molecule has 0 unspecified atom stereocenters. The summed E-state index contributed by atoms with van der Waals surface area (Å²) in [5.41, 5.74) is -0.210. The number of furan rings is 1. The molecule has 0 spiro atoms. The van der Waals surface area contributed by atoms with Gasteiger partial charge in [0.15, 0.2) is 4.67 Å². The molecule has 1 aromatic heterocycles. The lowest BCUT2D eigenvalue weighted by atomic mass is 10.00. The van der Waals surface area contributed by atoms with Crippen molar-refractivity contribution in [2.75, 3.05) is 0 Å². The van der Waals surface area contributed by atoms with E-state index in [1.807, 2.05) is 6.07 Å². The minimum absolute atomic E-state index is 0.174. The molecule has 1 aliphatic carbocycles. The van der Waals surface area contributed by atoms with Gasteiger partial charge in [-0.3, -0.25) is 4.79 Å². The van der Waals surface area contributed by atoms with Crippen LogP contribution in [0.25, 0.3) is 0 Å². The van der Waals surface area contributed by atoms with Gasteiger partial charge >= 0.3 is 5.97 Å². The molecular formula is C9H9BrO3. The first-order valence-electron chi connectivity index (χ1n) is 4.10. The molecule has 13 heavy (non-hydrogen) atoms. The Kier molecular flexibility index (Phi) is 1.95. The SMILES string of the molecule is O=C(O)CC1(c2ccc(Br)o2)CC1. The molecule has 1 aliphatic rings. The molecule has 0 amide bonds. The molecule has 70 valence electrons. The quantitative estimate of drug-likeness (QED) is 0.890. The molecule has 1 saturated carbocycles. The van der Waals surface area contributed by atoms with Crippen molar-refractivity contribution in [2.45, 2.75) is 24.7 Å². The fourth-order valence-electron chi connectivity index (χ4n) is 1.55. The van der Waals surface area contributed by atoms with Crippen molar-refractivity contribution >= 4 is 21.9 Å². The van der Waals surface area contributed by atoms with E-state index in [9.17, 15) is 4.79 Å². The van der Waals surface area contributed by atoms with Crippen LogP contribution in [0.4, 0.5) is 0 Å². The van der Waals surface area contributed by atoms with E-state index in [2.05, 4.69) is 15.9 Å². The summed E-state index contributed by atoms with van der Waals surface area (Å²) in [5, 5.41) is 8.70. The number of carbonyl (C=O) groups is 1. The molecule has 0 saturated heterocycles. The van der Waals surface area contributed by atoms with Crippen molar-refractivity contribution in [2.24, 2.45) is 0 Å². The maximum atomic E-state index is 10.6. The average molecular weight is 245 g/mol. The molecule has 0 aliphatic heterocycles. The second kappa shape index (κ2) is 2.87. The topological polar surface area (TPSA) is 50.4 Å². The van der Waals surface area contributed by atoms with Gasteiger partial charge in [0, 0.05) is 5.41 Å². The van der Waals surface area contributed by atoms with E-state index in [0.717, 1.165) is 18.6 Å². The summed E-state index contributed by atoms with van der Waals surface area (Å²) in [6.45, 7) is 0. The molecule has 2 rings (SSSR count). The minimum atomic E-state index is -0.759. The van der Waals surface area contributed by atoms with Crippen molar-refractivity contribution in [3.63, 3.8) is 0 Å². The number of halogens is 1. The van der Waals surface area contributed by atoms with Gasteiger partial charge in [-0.05, 0) is 40.9 Å². The van der Waals surface area contributed by atoms with Crippen LogP contribution >= 0.6 is 15.9 Å². The number of carboxylic acid groups (broad SMARTS) is 1. The molecule has 0 bridgehead atoms. The van der Waals surface area contributed by atoms with E-state index >= 15 is 0 Å². The molecule has 0 atom stereocenters. The highest BCUT2D eigenvalue weighted by atomic mass is 79.9. The summed E-state index contributed by atoms with van der Waals surface area (Å²) < 4.78 is 6.03. The van der Waals surface area contributed by atoms with Gasteiger partial charge in [0.1, 0.15) is 5.76 Å². The van der Waals surface area contributed by atoms with Gasteiger partial charge in [-0.1, -0.05) is 0 Å². The lowest BCUT2D eigenvalue weighted by Crippen LogP contribution is -2.11. The summed E-state index contributed by atoms with van der Waals surface area (Å²) in [6, 6.07) is 3.65. The Labute approximate surface area is 83.9 Å². The zero-order chi connectivity index (χ0) is 9.47. The Hall–Kier alpha value is -0.770.